The Morgan fingerprint density at radius 3 is 2.42 bits per heavy atom. The Bertz CT molecular complexity index is 473. The van der Waals surface area contributed by atoms with Crippen molar-refractivity contribution in [1.82, 2.24) is 5.32 Å². The molecule has 0 radical (unpaired) electrons. The van der Waals surface area contributed by atoms with Gasteiger partial charge in [0.2, 0.25) is 5.91 Å². The van der Waals surface area contributed by atoms with Crippen LogP contribution >= 0.6 is 0 Å². The highest BCUT2D eigenvalue weighted by Crippen LogP contribution is 2.05. The minimum Gasteiger partial charge on any atom is -0.464 e. The minimum atomic E-state index is -0.589. The molecule has 134 valence electrons. The lowest BCUT2D eigenvalue weighted by Gasteiger charge is -2.13. The Kier molecular flexibility index (Phi) is 10.6. The van der Waals surface area contributed by atoms with Crippen LogP contribution in [-0.2, 0) is 20.7 Å². The topological polar surface area (TPSA) is 55.4 Å². The molecule has 4 heteroatoms. The van der Waals surface area contributed by atoms with E-state index in [4.69, 9.17) is 4.74 Å². The molecule has 0 aliphatic carbocycles. The molecule has 0 unspecified atom stereocenters. The first-order valence-corrected chi connectivity index (χ1v) is 9.13. The van der Waals surface area contributed by atoms with Gasteiger partial charge in [0.25, 0.3) is 0 Å². The predicted molar refractivity (Wildman–Crippen MR) is 96.7 cm³/mol. The Hall–Kier alpha value is -1.84. The van der Waals surface area contributed by atoms with Gasteiger partial charge in [-0.2, -0.15) is 0 Å². The zero-order valence-electron chi connectivity index (χ0n) is 15.1. The summed E-state index contributed by atoms with van der Waals surface area (Å²) in [5.74, 6) is -0.473. The van der Waals surface area contributed by atoms with Crippen molar-refractivity contribution in [1.29, 1.82) is 0 Å². The average Bonchev–Trinajstić information content (AvgIpc) is 2.60. The molecule has 0 heterocycles. The van der Waals surface area contributed by atoms with E-state index in [9.17, 15) is 9.59 Å². The number of rotatable bonds is 12. The van der Waals surface area contributed by atoms with E-state index in [-0.39, 0.29) is 11.9 Å². The molecular formula is C20H31NO3. The molecule has 4 nitrogen and oxygen atoms in total. The molecule has 0 bridgehead atoms. The molecule has 1 N–H and O–H groups in total. The van der Waals surface area contributed by atoms with E-state index in [1.54, 1.807) is 6.92 Å². The Morgan fingerprint density at radius 2 is 1.71 bits per heavy atom. The zero-order chi connectivity index (χ0) is 17.6. The number of hydrogen-bond acceptors (Lipinski definition) is 3. The summed E-state index contributed by atoms with van der Waals surface area (Å²) in [7, 11) is 0. The smallest absolute Gasteiger partial charge is 0.328 e. The number of nitrogens with one attached hydrogen (secondary N) is 1. The molecule has 0 fully saturated rings. The molecular weight excluding hydrogens is 302 g/mol. The summed E-state index contributed by atoms with van der Waals surface area (Å²) in [6.45, 7) is 4.30. The molecule has 0 spiro atoms. The highest BCUT2D eigenvalue weighted by Gasteiger charge is 2.16. The fourth-order valence-electron chi connectivity index (χ4n) is 2.46. The predicted octanol–water partition coefficient (Wildman–Crippen LogP) is 4.03. The number of aryl methyl sites for hydroxylation is 1. The van der Waals surface area contributed by atoms with Crippen molar-refractivity contribution in [2.24, 2.45) is 0 Å². The second kappa shape index (κ2) is 12.6. The van der Waals surface area contributed by atoms with Gasteiger partial charge in [-0.05, 0) is 25.3 Å². The van der Waals surface area contributed by atoms with Gasteiger partial charge in [-0.25, -0.2) is 4.79 Å². The Labute approximate surface area is 146 Å². The van der Waals surface area contributed by atoms with Crippen LogP contribution in [0.4, 0.5) is 0 Å². The van der Waals surface area contributed by atoms with E-state index in [2.05, 4.69) is 12.2 Å². The molecule has 24 heavy (non-hydrogen) atoms. The average molecular weight is 333 g/mol. The van der Waals surface area contributed by atoms with E-state index in [0.717, 1.165) is 18.4 Å². The largest absolute Gasteiger partial charge is 0.464 e. The number of benzene rings is 1. The van der Waals surface area contributed by atoms with E-state index in [1.165, 1.54) is 25.7 Å². The standard InChI is InChI=1S/C20H31NO3/c1-3-4-5-6-7-11-16-24-20(23)17(2)21-19(22)15-14-18-12-9-8-10-13-18/h8-10,12-13,17H,3-7,11,14-16H2,1-2H3,(H,21,22)/t17-/m0/s1. The van der Waals surface area contributed by atoms with Crippen molar-refractivity contribution in [3.8, 4) is 0 Å². The van der Waals surface area contributed by atoms with Crippen molar-refractivity contribution < 1.29 is 14.3 Å². The van der Waals surface area contributed by atoms with E-state index < -0.39 is 6.04 Å². The quantitative estimate of drug-likeness (QED) is 0.464. The summed E-state index contributed by atoms with van der Waals surface area (Å²) >= 11 is 0. The minimum absolute atomic E-state index is 0.122. The van der Waals surface area contributed by atoms with Crippen molar-refractivity contribution in [3.63, 3.8) is 0 Å². The lowest BCUT2D eigenvalue weighted by Crippen LogP contribution is -2.39. The Morgan fingerprint density at radius 1 is 1.04 bits per heavy atom. The third-order valence-electron chi connectivity index (χ3n) is 3.96. The first kappa shape index (κ1) is 20.2. The number of carbonyl (C=O) groups is 2. The normalized spacial score (nSPS) is 11.8. The van der Waals surface area contributed by atoms with E-state index in [1.807, 2.05) is 30.3 Å². The molecule has 0 saturated carbocycles. The van der Waals surface area contributed by atoms with Gasteiger partial charge in [-0.15, -0.1) is 0 Å². The lowest BCUT2D eigenvalue weighted by molar-refractivity contribution is -0.147. The van der Waals surface area contributed by atoms with E-state index in [0.29, 0.717) is 19.4 Å². The summed E-state index contributed by atoms with van der Waals surface area (Å²) in [5, 5.41) is 2.71. The maximum atomic E-state index is 11.9. The number of carbonyl (C=O) groups excluding carboxylic acids is 2. The molecule has 1 atom stereocenters. The van der Waals surface area contributed by atoms with Crippen molar-refractivity contribution in [2.45, 2.75) is 71.3 Å². The fourth-order valence-corrected chi connectivity index (χ4v) is 2.46. The molecule has 1 aromatic rings. The summed E-state index contributed by atoms with van der Waals surface area (Å²) in [6, 6.07) is 9.25. The van der Waals surface area contributed by atoms with Crippen LogP contribution in [0.3, 0.4) is 0 Å². The molecule has 1 amide bonds. The summed E-state index contributed by atoms with van der Waals surface area (Å²) in [5.41, 5.74) is 1.12. The maximum absolute atomic E-state index is 11.9. The lowest BCUT2D eigenvalue weighted by atomic mass is 10.1. The molecule has 0 saturated heterocycles. The Balaban J connectivity index is 2.11. The van der Waals surface area contributed by atoms with Gasteiger partial charge in [0.1, 0.15) is 6.04 Å². The highest BCUT2D eigenvalue weighted by molar-refractivity contribution is 5.84. The number of ether oxygens (including phenoxy) is 1. The zero-order valence-corrected chi connectivity index (χ0v) is 15.1. The summed E-state index contributed by atoms with van der Waals surface area (Å²) < 4.78 is 5.22. The third-order valence-corrected chi connectivity index (χ3v) is 3.96. The first-order valence-electron chi connectivity index (χ1n) is 9.13. The number of unbranched alkanes of at least 4 members (excludes halogenated alkanes) is 5. The SMILES string of the molecule is CCCCCCCCOC(=O)[C@H](C)NC(=O)CCc1ccccc1. The highest BCUT2D eigenvalue weighted by atomic mass is 16.5. The monoisotopic (exact) mass is 333 g/mol. The third kappa shape index (κ3) is 9.33. The van der Waals surface area contributed by atoms with Crippen LogP contribution in [0.15, 0.2) is 30.3 Å². The second-order valence-electron chi connectivity index (χ2n) is 6.21. The van der Waals surface area contributed by atoms with Crippen LogP contribution in [0.2, 0.25) is 0 Å². The van der Waals surface area contributed by atoms with Crippen LogP contribution in [0, 0.1) is 0 Å². The van der Waals surface area contributed by atoms with Gasteiger partial charge < -0.3 is 10.1 Å². The number of esters is 1. The van der Waals surface area contributed by atoms with Gasteiger partial charge in [0.05, 0.1) is 6.61 Å². The van der Waals surface area contributed by atoms with Gasteiger partial charge in [0.15, 0.2) is 0 Å². The molecule has 0 aromatic heterocycles. The summed E-state index contributed by atoms with van der Waals surface area (Å²) in [6.07, 6.45) is 7.97. The van der Waals surface area contributed by atoms with Gasteiger partial charge in [0, 0.05) is 6.42 Å². The van der Waals surface area contributed by atoms with Crippen LogP contribution in [-0.4, -0.2) is 24.5 Å². The van der Waals surface area contributed by atoms with Crippen molar-refractivity contribution >= 4 is 11.9 Å². The number of hydrogen-bond donors (Lipinski definition) is 1. The van der Waals surface area contributed by atoms with E-state index >= 15 is 0 Å². The maximum Gasteiger partial charge on any atom is 0.328 e. The van der Waals surface area contributed by atoms with Crippen molar-refractivity contribution in [3.05, 3.63) is 35.9 Å². The summed E-state index contributed by atoms with van der Waals surface area (Å²) in [4.78, 5) is 23.7. The van der Waals surface area contributed by atoms with Crippen LogP contribution in [0.5, 0.6) is 0 Å². The first-order chi connectivity index (χ1) is 11.6. The van der Waals surface area contributed by atoms with Gasteiger partial charge in [-0.3, -0.25) is 4.79 Å². The fraction of sp³-hybridized carbons (Fsp3) is 0.600. The van der Waals surface area contributed by atoms with Crippen LogP contribution in [0.1, 0.15) is 64.4 Å². The number of amides is 1. The van der Waals surface area contributed by atoms with Crippen molar-refractivity contribution in [2.75, 3.05) is 6.61 Å². The van der Waals surface area contributed by atoms with Gasteiger partial charge in [-0.1, -0.05) is 69.4 Å². The second-order valence-corrected chi connectivity index (χ2v) is 6.21. The molecule has 1 aromatic carbocycles. The van der Waals surface area contributed by atoms with Gasteiger partial charge >= 0.3 is 5.97 Å². The van der Waals surface area contributed by atoms with Crippen LogP contribution in [0.25, 0.3) is 0 Å². The molecule has 1 rings (SSSR count). The molecule has 0 aliphatic rings. The van der Waals surface area contributed by atoms with Crippen LogP contribution < -0.4 is 5.32 Å². The molecule has 0 aliphatic heterocycles.